The number of nitrogens with one attached hydrogen (secondary N) is 1. The van der Waals surface area contributed by atoms with Crippen LogP contribution in [0.5, 0.6) is 0 Å². The van der Waals surface area contributed by atoms with Gasteiger partial charge in [-0.25, -0.2) is 9.78 Å². The van der Waals surface area contributed by atoms with E-state index in [9.17, 15) is 14.4 Å². The molecule has 1 atom stereocenters. The predicted molar refractivity (Wildman–Crippen MR) is 119 cm³/mol. The van der Waals surface area contributed by atoms with E-state index in [0.717, 1.165) is 0 Å². The molecule has 0 radical (unpaired) electrons. The lowest BCUT2D eigenvalue weighted by Gasteiger charge is -2.15. The number of pyridine rings is 1. The van der Waals surface area contributed by atoms with Gasteiger partial charge in [0, 0.05) is 22.3 Å². The van der Waals surface area contributed by atoms with Gasteiger partial charge in [0.15, 0.2) is 17.7 Å². The number of aromatic nitrogens is 1. The van der Waals surface area contributed by atoms with E-state index in [1.165, 1.54) is 31.3 Å². The van der Waals surface area contributed by atoms with Crippen LogP contribution in [0.2, 0.25) is 15.1 Å². The highest BCUT2D eigenvalue weighted by Gasteiger charge is 2.24. The quantitative estimate of drug-likeness (QED) is 0.376. The van der Waals surface area contributed by atoms with Crippen molar-refractivity contribution in [2.45, 2.75) is 13.0 Å². The molecule has 1 heterocycles. The number of ether oxygens (including phenoxy) is 1. The Kier molecular flexibility index (Phi) is 7.28. The van der Waals surface area contributed by atoms with Crippen molar-refractivity contribution < 1.29 is 19.1 Å². The van der Waals surface area contributed by atoms with Crippen molar-refractivity contribution in [1.29, 1.82) is 0 Å². The van der Waals surface area contributed by atoms with E-state index >= 15 is 0 Å². The summed E-state index contributed by atoms with van der Waals surface area (Å²) >= 11 is 17.6. The average molecular weight is 478 g/mol. The molecule has 0 aliphatic carbocycles. The molecule has 31 heavy (non-hydrogen) atoms. The monoisotopic (exact) mass is 476 g/mol. The number of esters is 1. The highest BCUT2D eigenvalue weighted by molar-refractivity contribution is 6.36. The molecule has 2 aromatic carbocycles. The SMILES string of the molecule is CC(OC(=O)c1ccccc1C(=O)c1ccc(Cl)cc1)C(=O)Nc1ncc(Cl)cc1Cl. The Morgan fingerprint density at radius 3 is 2.23 bits per heavy atom. The van der Waals surface area contributed by atoms with E-state index in [-0.39, 0.29) is 27.8 Å². The number of hydrogen-bond donors (Lipinski definition) is 1. The van der Waals surface area contributed by atoms with Gasteiger partial charge in [-0.05, 0) is 43.3 Å². The van der Waals surface area contributed by atoms with Crippen molar-refractivity contribution in [1.82, 2.24) is 4.98 Å². The van der Waals surface area contributed by atoms with Crippen molar-refractivity contribution in [2.24, 2.45) is 0 Å². The summed E-state index contributed by atoms with van der Waals surface area (Å²) in [7, 11) is 0. The van der Waals surface area contributed by atoms with E-state index in [0.29, 0.717) is 15.6 Å². The van der Waals surface area contributed by atoms with Gasteiger partial charge in [-0.2, -0.15) is 0 Å². The zero-order chi connectivity index (χ0) is 22.5. The van der Waals surface area contributed by atoms with Crippen molar-refractivity contribution >= 4 is 58.3 Å². The third kappa shape index (κ3) is 5.61. The number of rotatable bonds is 6. The molecule has 1 aromatic heterocycles. The molecular weight excluding hydrogens is 463 g/mol. The normalized spacial score (nSPS) is 11.5. The molecule has 158 valence electrons. The third-order valence-electron chi connectivity index (χ3n) is 4.20. The number of benzene rings is 2. The summed E-state index contributed by atoms with van der Waals surface area (Å²) in [4.78, 5) is 41.9. The van der Waals surface area contributed by atoms with Gasteiger partial charge in [0.25, 0.3) is 5.91 Å². The van der Waals surface area contributed by atoms with Crippen molar-refractivity contribution in [3.63, 3.8) is 0 Å². The lowest BCUT2D eigenvalue weighted by Crippen LogP contribution is -2.30. The number of anilines is 1. The van der Waals surface area contributed by atoms with Crippen molar-refractivity contribution in [3.05, 3.63) is 92.6 Å². The summed E-state index contributed by atoms with van der Waals surface area (Å²) in [5.41, 5.74) is 0.536. The molecule has 9 heteroatoms. The second-order valence-electron chi connectivity index (χ2n) is 6.40. The van der Waals surface area contributed by atoms with Gasteiger partial charge in [-0.15, -0.1) is 0 Å². The van der Waals surface area contributed by atoms with Crippen LogP contribution in [0.4, 0.5) is 5.82 Å². The Hall–Kier alpha value is -2.93. The van der Waals surface area contributed by atoms with Crippen LogP contribution in [-0.2, 0) is 9.53 Å². The molecule has 0 spiro atoms. The van der Waals surface area contributed by atoms with Crippen LogP contribution in [0, 0.1) is 0 Å². The molecule has 1 amide bonds. The first-order chi connectivity index (χ1) is 14.8. The fourth-order valence-electron chi connectivity index (χ4n) is 2.62. The fraction of sp³-hybridized carbons (Fsp3) is 0.0909. The standard InChI is InChI=1S/C22H15Cl3N2O4/c1-12(21(29)27-20-18(25)10-15(24)11-26-20)31-22(30)17-5-3-2-4-16(17)19(28)13-6-8-14(23)9-7-13/h2-12H,1H3,(H,26,27,29). The maximum atomic E-state index is 12.8. The van der Waals surface area contributed by atoms with Gasteiger partial charge in [-0.1, -0.05) is 53.0 Å². The summed E-state index contributed by atoms with van der Waals surface area (Å²) in [5, 5.41) is 3.40. The van der Waals surface area contributed by atoms with Crippen LogP contribution in [0.15, 0.2) is 60.8 Å². The summed E-state index contributed by atoms with van der Waals surface area (Å²) in [6.07, 6.45) is 0.137. The first kappa shape index (κ1) is 22.7. The second-order valence-corrected chi connectivity index (χ2v) is 7.68. The van der Waals surface area contributed by atoms with Crippen molar-refractivity contribution in [3.8, 4) is 0 Å². The highest BCUT2D eigenvalue weighted by Crippen LogP contribution is 2.23. The van der Waals surface area contributed by atoms with Gasteiger partial charge in [0.05, 0.1) is 15.6 Å². The summed E-state index contributed by atoms with van der Waals surface area (Å²) in [6, 6.07) is 13.9. The Morgan fingerprint density at radius 1 is 0.935 bits per heavy atom. The zero-order valence-electron chi connectivity index (χ0n) is 16.1. The molecule has 0 aliphatic rings. The average Bonchev–Trinajstić information content (AvgIpc) is 2.75. The molecule has 0 saturated heterocycles. The van der Waals surface area contributed by atoms with Crippen LogP contribution in [0.25, 0.3) is 0 Å². The molecule has 1 N–H and O–H groups in total. The number of carbonyl (C=O) groups is 3. The third-order valence-corrected chi connectivity index (χ3v) is 4.95. The van der Waals surface area contributed by atoms with E-state index < -0.39 is 18.0 Å². The summed E-state index contributed by atoms with van der Waals surface area (Å²) in [5.74, 6) is -1.77. The summed E-state index contributed by atoms with van der Waals surface area (Å²) in [6.45, 7) is 1.39. The molecule has 0 fully saturated rings. The Morgan fingerprint density at radius 2 is 1.58 bits per heavy atom. The Bertz CT molecular complexity index is 1150. The molecule has 3 aromatic rings. The first-order valence-electron chi connectivity index (χ1n) is 8.98. The van der Waals surface area contributed by atoms with Gasteiger partial charge in [-0.3, -0.25) is 9.59 Å². The van der Waals surface area contributed by atoms with E-state index in [4.69, 9.17) is 39.5 Å². The predicted octanol–water partition coefficient (Wildman–Crippen LogP) is 5.46. The highest BCUT2D eigenvalue weighted by atomic mass is 35.5. The van der Waals surface area contributed by atoms with Crippen LogP contribution in [0.3, 0.4) is 0 Å². The van der Waals surface area contributed by atoms with Crippen LogP contribution in [-0.4, -0.2) is 28.7 Å². The number of halogens is 3. The van der Waals surface area contributed by atoms with E-state index in [2.05, 4.69) is 10.3 Å². The minimum absolute atomic E-state index is 0.0322. The maximum Gasteiger partial charge on any atom is 0.339 e. The largest absolute Gasteiger partial charge is 0.449 e. The van der Waals surface area contributed by atoms with E-state index in [1.54, 1.807) is 36.4 Å². The van der Waals surface area contributed by atoms with Crippen LogP contribution < -0.4 is 5.32 Å². The summed E-state index contributed by atoms with van der Waals surface area (Å²) < 4.78 is 5.26. The fourth-order valence-corrected chi connectivity index (χ4v) is 3.17. The lowest BCUT2D eigenvalue weighted by molar-refractivity contribution is -0.123. The molecule has 1 unspecified atom stereocenters. The number of amides is 1. The van der Waals surface area contributed by atoms with Gasteiger partial charge in [0.1, 0.15) is 0 Å². The van der Waals surface area contributed by atoms with Crippen molar-refractivity contribution in [2.75, 3.05) is 5.32 Å². The minimum Gasteiger partial charge on any atom is -0.449 e. The Balaban J connectivity index is 1.75. The van der Waals surface area contributed by atoms with Gasteiger partial charge >= 0.3 is 5.97 Å². The zero-order valence-corrected chi connectivity index (χ0v) is 18.3. The smallest absolute Gasteiger partial charge is 0.339 e. The second kappa shape index (κ2) is 9.92. The maximum absolute atomic E-state index is 12.8. The molecule has 0 aliphatic heterocycles. The topological polar surface area (TPSA) is 85.4 Å². The first-order valence-corrected chi connectivity index (χ1v) is 10.1. The number of hydrogen-bond acceptors (Lipinski definition) is 5. The van der Waals surface area contributed by atoms with Gasteiger partial charge < -0.3 is 10.1 Å². The molecular formula is C22H15Cl3N2O4. The Labute approximate surface area is 193 Å². The molecule has 0 saturated carbocycles. The van der Waals surface area contributed by atoms with E-state index in [1.807, 2.05) is 0 Å². The lowest BCUT2D eigenvalue weighted by atomic mass is 9.98. The number of carbonyl (C=O) groups excluding carboxylic acids is 3. The van der Waals surface area contributed by atoms with Gasteiger partial charge in [0.2, 0.25) is 0 Å². The number of ketones is 1. The molecule has 3 rings (SSSR count). The van der Waals surface area contributed by atoms with Crippen LogP contribution in [0.1, 0.15) is 33.2 Å². The van der Waals surface area contributed by atoms with Crippen LogP contribution >= 0.6 is 34.8 Å². The molecule has 6 nitrogen and oxygen atoms in total. The minimum atomic E-state index is -1.18. The number of nitrogens with zero attached hydrogens (tertiary/aromatic N) is 1. The molecule has 0 bridgehead atoms.